The van der Waals surface area contributed by atoms with Gasteiger partial charge in [0.15, 0.2) is 6.61 Å². The molecule has 0 heterocycles. The third-order valence-electron chi connectivity index (χ3n) is 5.85. The summed E-state index contributed by atoms with van der Waals surface area (Å²) in [5, 5.41) is 3.05. The van der Waals surface area contributed by atoms with Gasteiger partial charge < -0.3 is 15.0 Å². The number of amides is 2. The van der Waals surface area contributed by atoms with Crippen molar-refractivity contribution in [1.29, 1.82) is 0 Å². The molecule has 0 fully saturated rings. The van der Waals surface area contributed by atoms with Crippen molar-refractivity contribution in [2.24, 2.45) is 0 Å². The fourth-order valence-electron chi connectivity index (χ4n) is 4.03. The predicted molar refractivity (Wildman–Crippen MR) is 141 cm³/mol. The molecule has 5 heteroatoms. The normalized spacial score (nSPS) is 11.3. The second-order valence-corrected chi connectivity index (χ2v) is 8.45. The van der Waals surface area contributed by atoms with Gasteiger partial charge in [-0.15, -0.1) is 0 Å². The highest BCUT2D eigenvalue weighted by molar-refractivity contribution is 5.89. The van der Waals surface area contributed by atoms with Crippen molar-refractivity contribution in [3.63, 3.8) is 0 Å². The van der Waals surface area contributed by atoms with Crippen molar-refractivity contribution >= 4 is 11.8 Å². The van der Waals surface area contributed by atoms with Crippen LogP contribution in [0.5, 0.6) is 5.75 Å². The largest absolute Gasteiger partial charge is 0.484 e. The van der Waals surface area contributed by atoms with Gasteiger partial charge in [0.25, 0.3) is 5.91 Å². The Morgan fingerprint density at radius 2 is 1.22 bits per heavy atom. The van der Waals surface area contributed by atoms with Crippen LogP contribution in [0.1, 0.15) is 22.7 Å². The molecule has 0 aliphatic rings. The molecule has 0 aliphatic carbocycles. The number of hydrogen-bond donors (Lipinski definition) is 1. The Kier molecular flexibility index (Phi) is 8.87. The molecule has 2 amide bonds. The molecule has 1 atom stereocenters. The van der Waals surface area contributed by atoms with Gasteiger partial charge in [-0.25, -0.2) is 0 Å². The second kappa shape index (κ2) is 12.9. The van der Waals surface area contributed by atoms with Gasteiger partial charge in [-0.05, 0) is 35.2 Å². The first-order chi connectivity index (χ1) is 17.7. The first-order valence-electron chi connectivity index (χ1n) is 12.1. The summed E-state index contributed by atoms with van der Waals surface area (Å²) in [6.07, 6.45) is 0.706. The first kappa shape index (κ1) is 24.7. The van der Waals surface area contributed by atoms with E-state index in [1.165, 1.54) is 0 Å². The predicted octanol–water partition coefficient (Wildman–Crippen LogP) is 5.19. The summed E-state index contributed by atoms with van der Waals surface area (Å²) >= 11 is 0. The maximum atomic E-state index is 13.6. The van der Waals surface area contributed by atoms with Crippen LogP contribution in [0, 0.1) is 0 Å². The van der Waals surface area contributed by atoms with Gasteiger partial charge in [0.1, 0.15) is 11.8 Å². The average Bonchev–Trinajstić information content (AvgIpc) is 2.94. The zero-order valence-electron chi connectivity index (χ0n) is 20.1. The molecule has 0 radical (unpaired) electrons. The highest BCUT2D eigenvalue weighted by Crippen LogP contribution is 2.24. The molecule has 0 aromatic heterocycles. The van der Waals surface area contributed by atoms with Crippen molar-refractivity contribution in [3.05, 3.63) is 138 Å². The number of para-hydroxylation sites is 1. The number of rotatable bonds is 11. The number of carbonyl (C=O) groups excluding carboxylic acids is 2. The highest BCUT2D eigenvalue weighted by atomic mass is 16.5. The van der Waals surface area contributed by atoms with Crippen LogP contribution in [-0.2, 0) is 22.6 Å². The van der Waals surface area contributed by atoms with Crippen LogP contribution in [0.2, 0.25) is 0 Å². The lowest BCUT2D eigenvalue weighted by atomic mass is 10.0. The van der Waals surface area contributed by atoms with Crippen LogP contribution in [0.25, 0.3) is 0 Å². The Hall–Kier alpha value is -4.38. The van der Waals surface area contributed by atoms with Crippen molar-refractivity contribution < 1.29 is 14.3 Å². The number of carbonyl (C=O) groups is 2. The van der Waals surface area contributed by atoms with Gasteiger partial charge in [-0.2, -0.15) is 0 Å². The summed E-state index contributed by atoms with van der Waals surface area (Å²) in [6.45, 7) is 0.584. The average molecular weight is 479 g/mol. The van der Waals surface area contributed by atoms with Gasteiger partial charge >= 0.3 is 0 Å². The molecule has 0 saturated carbocycles. The number of nitrogens with zero attached hydrogens (tertiary/aromatic N) is 1. The minimum Gasteiger partial charge on any atom is -0.484 e. The lowest BCUT2D eigenvalue weighted by Crippen LogP contribution is -2.45. The van der Waals surface area contributed by atoms with Gasteiger partial charge in [0.05, 0.1) is 0 Å². The van der Waals surface area contributed by atoms with E-state index < -0.39 is 6.04 Å². The second-order valence-electron chi connectivity index (χ2n) is 8.45. The van der Waals surface area contributed by atoms with Crippen LogP contribution in [-0.4, -0.2) is 29.9 Å². The Labute approximate surface area is 212 Å². The Balaban J connectivity index is 1.57. The fraction of sp³-hybridized carbons (Fsp3) is 0.161. The summed E-state index contributed by atoms with van der Waals surface area (Å²) in [6, 6.07) is 37.5. The molecule has 0 bridgehead atoms. The van der Waals surface area contributed by atoms with Gasteiger partial charge in [0.2, 0.25) is 5.91 Å². The molecule has 0 aliphatic heterocycles. The van der Waals surface area contributed by atoms with E-state index >= 15 is 0 Å². The molecule has 4 rings (SSSR count). The summed E-state index contributed by atoms with van der Waals surface area (Å²) < 4.78 is 5.77. The number of hydrogen-bond acceptors (Lipinski definition) is 3. The molecule has 4 aromatic rings. The van der Waals surface area contributed by atoms with Gasteiger partial charge in [-0.3, -0.25) is 9.59 Å². The minimum atomic E-state index is -0.797. The van der Waals surface area contributed by atoms with E-state index in [1.807, 2.05) is 109 Å². The Bertz CT molecular complexity index is 1220. The molecule has 1 unspecified atom stereocenters. The third-order valence-corrected chi connectivity index (χ3v) is 5.85. The first-order valence-corrected chi connectivity index (χ1v) is 12.1. The smallest absolute Gasteiger partial charge is 0.261 e. The van der Waals surface area contributed by atoms with Crippen LogP contribution < -0.4 is 10.1 Å². The number of ether oxygens (including phenoxy) is 1. The van der Waals surface area contributed by atoms with Crippen LogP contribution in [0.4, 0.5) is 0 Å². The monoisotopic (exact) mass is 478 g/mol. The summed E-state index contributed by atoms with van der Waals surface area (Å²) in [7, 11) is 0. The van der Waals surface area contributed by atoms with Crippen molar-refractivity contribution in [3.8, 4) is 5.75 Å². The molecular formula is C31H30N2O3. The van der Waals surface area contributed by atoms with E-state index in [4.69, 9.17) is 4.74 Å². The molecule has 36 heavy (non-hydrogen) atoms. The zero-order chi connectivity index (χ0) is 25.0. The molecule has 0 saturated heterocycles. The Morgan fingerprint density at radius 1 is 0.694 bits per heavy atom. The number of benzene rings is 4. The van der Waals surface area contributed by atoms with Crippen LogP contribution in [0.15, 0.2) is 121 Å². The molecule has 182 valence electrons. The SMILES string of the molecule is O=C(NCCc1ccccc1)C(c1ccccc1)N(Cc1ccccc1)C(=O)COc1ccccc1. The Morgan fingerprint density at radius 3 is 1.83 bits per heavy atom. The maximum Gasteiger partial charge on any atom is 0.261 e. The van der Waals surface area contributed by atoms with E-state index in [9.17, 15) is 9.59 Å². The van der Waals surface area contributed by atoms with Gasteiger partial charge in [0, 0.05) is 13.1 Å². The molecule has 1 N–H and O–H groups in total. The highest BCUT2D eigenvalue weighted by Gasteiger charge is 2.31. The molecule has 4 aromatic carbocycles. The maximum absolute atomic E-state index is 13.6. The summed E-state index contributed by atoms with van der Waals surface area (Å²) in [4.78, 5) is 28.8. The topological polar surface area (TPSA) is 58.6 Å². The van der Waals surface area contributed by atoms with Crippen molar-refractivity contribution in [2.45, 2.75) is 19.0 Å². The quantitative estimate of drug-likeness (QED) is 0.323. The minimum absolute atomic E-state index is 0.169. The number of nitrogens with one attached hydrogen (secondary N) is 1. The lowest BCUT2D eigenvalue weighted by molar-refractivity contribution is -0.143. The van der Waals surface area contributed by atoms with Crippen LogP contribution in [0.3, 0.4) is 0 Å². The standard InChI is InChI=1S/C31H30N2O3/c34-29(24-36-28-19-11-4-12-20-28)33(23-26-15-7-2-8-16-26)30(27-17-9-3-10-18-27)31(35)32-22-21-25-13-5-1-6-14-25/h1-20,30H,21-24H2,(H,32,35). The van der Waals surface area contributed by atoms with Crippen molar-refractivity contribution in [2.75, 3.05) is 13.2 Å². The molecule has 0 spiro atoms. The summed E-state index contributed by atoms with van der Waals surface area (Å²) in [5.74, 6) is 0.116. The zero-order valence-corrected chi connectivity index (χ0v) is 20.1. The van der Waals surface area contributed by atoms with E-state index in [0.717, 1.165) is 16.7 Å². The third kappa shape index (κ3) is 7.06. The van der Waals surface area contributed by atoms with E-state index in [0.29, 0.717) is 18.7 Å². The molecule has 5 nitrogen and oxygen atoms in total. The van der Waals surface area contributed by atoms with Crippen molar-refractivity contribution in [1.82, 2.24) is 10.2 Å². The van der Waals surface area contributed by atoms with Crippen LogP contribution >= 0.6 is 0 Å². The summed E-state index contributed by atoms with van der Waals surface area (Å²) in [5.41, 5.74) is 2.82. The fourth-order valence-corrected chi connectivity index (χ4v) is 4.03. The van der Waals surface area contributed by atoms with E-state index in [-0.39, 0.29) is 25.0 Å². The molecular weight excluding hydrogens is 448 g/mol. The van der Waals surface area contributed by atoms with Gasteiger partial charge in [-0.1, -0.05) is 109 Å². The van der Waals surface area contributed by atoms with E-state index in [2.05, 4.69) is 5.32 Å². The lowest BCUT2D eigenvalue weighted by Gasteiger charge is -2.31. The van der Waals surface area contributed by atoms with E-state index in [1.54, 1.807) is 17.0 Å².